The Morgan fingerprint density at radius 1 is 1.17 bits per heavy atom. The van der Waals surface area contributed by atoms with Crippen molar-refractivity contribution in [3.8, 4) is 5.75 Å². The summed E-state index contributed by atoms with van der Waals surface area (Å²) in [7, 11) is 1.70. The van der Waals surface area contributed by atoms with E-state index in [2.05, 4.69) is 39.5 Å². The summed E-state index contributed by atoms with van der Waals surface area (Å²) in [4.78, 5) is 2.52. The first-order chi connectivity index (χ1) is 11.7. The Morgan fingerprint density at radius 2 is 1.92 bits per heavy atom. The molecule has 1 aromatic carbocycles. The Hall–Kier alpha value is -1.95. The van der Waals surface area contributed by atoms with Crippen molar-refractivity contribution in [2.24, 2.45) is 5.92 Å². The zero-order chi connectivity index (χ0) is 16.5. The van der Waals surface area contributed by atoms with Crippen LogP contribution in [0.3, 0.4) is 0 Å². The van der Waals surface area contributed by atoms with Gasteiger partial charge >= 0.3 is 0 Å². The first-order valence-electron chi connectivity index (χ1n) is 8.88. The molecule has 0 N–H and O–H groups in total. The number of aromatic nitrogens is 4. The van der Waals surface area contributed by atoms with Crippen molar-refractivity contribution in [3.05, 3.63) is 35.7 Å². The van der Waals surface area contributed by atoms with Crippen molar-refractivity contribution in [1.82, 2.24) is 25.1 Å². The van der Waals surface area contributed by atoms with E-state index in [1.54, 1.807) is 7.11 Å². The third kappa shape index (κ3) is 3.43. The molecule has 4 rings (SSSR count). The van der Waals surface area contributed by atoms with Crippen LogP contribution >= 0.6 is 0 Å². The fourth-order valence-corrected chi connectivity index (χ4v) is 3.29. The van der Waals surface area contributed by atoms with Gasteiger partial charge in [-0.1, -0.05) is 12.1 Å². The van der Waals surface area contributed by atoms with Crippen LogP contribution < -0.4 is 4.74 Å². The maximum atomic E-state index is 5.26. The number of hydrogen-bond acceptors (Lipinski definition) is 5. The van der Waals surface area contributed by atoms with Gasteiger partial charge in [0.2, 0.25) is 0 Å². The largest absolute Gasteiger partial charge is 0.497 e. The molecule has 6 nitrogen and oxygen atoms in total. The molecule has 1 aromatic heterocycles. The lowest BCUT2D eigenvalue weighted by Gasteiger charge is -2.29. The van der Waals surface area contributed by atoms with E-state index in [-0.39, 0.29) is 0 Å². The van der Waals surface area contributed by atoms with Crippen LogP contribution in [0.15, 0.2) is 24.3 Å². The first kappa shape index (κ1) is 15.6. The highest BCUT2D eigenvalue weighted by Gasteiger charge is 2.34. The SMILES string of the molecule is COc1ccc(CN(Cc2nnnn2C2CC2)C(C)C2CC2)cc1. The van der Waals surface area contributed by atoms with Crippen LogP contribution in [0.25, 0.3) is 0 Å². The van der Waals surface area contributed by atoms with E-state index in [1.165, 1.54) is 31.2 Å². The number of hydrogen-bond donors (Lipinski definition) is 0. The summed E-state index contributed by atoms with van der Waals surface area (Å²) in [6, 6.07) is 9.43. The van der Waals surface area contributed by atoms with Gasteiger partial charge in [0.25, 0.3) is 0 Å². The summed E-state index contributed by atoms with van der Waals surface area (Å²) in [6.45, 7) is 4.07. The summed E-state index contributed by atoms with van der Waals surface area (Å²) in [5, 5.41) is 12.4. The van der Waals surface area contributed by atoms with Crippen molar-refractivity contribution in [3.63, 3.8) is 0 Å². The molecule has 128 valence electrons. The van der Waals surface area contributed by atoms with E-state index in [1.807, 2.05) is 16.8 Å². The summed E-state index contributed by atoms with van der Waals surface area (Å²) in [6.07, 6.45) is 5.09. The summed E-state index contributed by atoms with van der Waals surface area (Å²) < 4.78 is 7.29. The molecular weight excluding hydrogens is 302 g/mol. The van der Waals surface area contributed by atoms with Crippen LogP contribution in [0.2, 0.25) is 0 Å². The van der Waals surface area contributed by atoms with E-state index in [4.69, 9.17) is 4.74 Å². The summed E-state index contributed by atoms with van der Waals surface area (Å²) >= 11 is 0. The third-order valence-corrected chi connectivity index (χ3v) is 5.22. The predicted molar refractivity (Wildman–Crippen MR) is 90.5 cm³/mol. The Balaban J connectivity index is 1.50. The summed E-state index contributed by atoms with van der Waals surface area (Å²) in [5.41, 5.74) is 1.30. The smallest absolute Gasteiger partial charge is 0.165 e. The molecule has 0 aliphatic heterocycles. The van der Waals surface area contributed by atoms with Crippen LogP contribution in [0.4, 0.5) is 0 Å². The monoisotopic (exact) mass is 327 g/mol. The molecule has 1 atom stereocenters. The van der Waals surface area contributed by atoms with Crippen molar-refractivity contribution in [2.45, 2.75) is 57.8 Å². The maximum absolute atomic E-state index is 5.26. The molecule has 0 bridgehead atoms. The molecular formula is C18H25N5O. The molecule has 0 saturated heterocycles. The predicted octanol–water partition coefficient (Wildman–Crippen LogP) is 2.82. The van der Waals surface area contributed by atoms with E-state index in [9.17, 15) is 0 Å². The average molecular weight is 327 g/mol. The molecule has 0 spiro atoms. The van der Waals surface area contributed by atoms with Gasteiger partial charge in [-0.25, -0.2) is 4.68 Å². The number of rotatable bonds is 8. The Labute approximate surface area is 142 Å². The van der Waals surface area contributed by atoms with Gasteiger partial charge in [-0.05, 0) is 66.6 Å². The normalized spacial score (nSPS) is 18.8. The lowest BCUT2D eigenvalue weighted by Crippen LogP contribution is -2.34. The highest BCUT2D eigenvalue weighted by atomic mass is 16.5. The van der Waals surface area contributed by atoms with Gasteiger partial charge < -0.3 is 4.74 Å². The molecule has 2 fully saturated rings. The standard InChI is InChI=1S/C18H25N5O/c1-13(15-5-6-15)22(11-14-3-9-17(24-2)10-4-14)12-18-19-20-21-23(18)16-7-8-16/h3-4,9-10,13,15-16H,5-8,11-12H2,1-2H3. The minimum absolute atomic E-state index is 0.522. The number of nitrogens with zero attached hydrogens (tertiary/aromatic N) is 5. The fourth-order valence-electron chi connectivity index (χ4n) is 3.29. The van der Waals surface area contributed by atoms with E-state index >= 15 is 0 Å². The second-order valence-electron chi connectivity index (χ2n) is 7.10. The maximum Gasteiger partial charge on any atom is 0.165 e. The number of tetrazole rings is 1. The number of methoxy groups -OCH3 is 1. The van der Waals surface area contributed by atoms with E-state index in [0.29, 0.717) is 12.1 Å². The van der Waals surface area contributed by atoms with Crippen molar-refractivity contribution in [1.29, 1.82) is 0 Å². The molecule has 6 heteroatoms. The molecule has 0 radical (unpaired) electrons. The number of benzene rings is 1. The molecule has 0 amide bonds. The van der Waals surface area contributed by atoms with Crippen LogP contribution in [0, 0.1) is 5.92 Å². The molecule has 1 heterocycles. The molecule has 1 unspecified atom stereocenters. The van der Waals surface area contributed by atoms with E-state index < -0.39 is 0 Å². The van der Waals surface area contributed by atoms with Crippen LogP contribution in [0.5, 0.6) is 5.75 Å². The zero-order valence-electron chi connectivity index (χ0n) is 14.4. The highest BCUT2D eigenvalue weighted by Crippen LogP contribution is 2.37. The molecule has 2 aliphatic rings. The van der Waals surface area contributed by atoms with Gasteiger partial charge in [-0.3, -0.25) is 4.90 Å². The van der Waals surface area contributed by atoms with Crippen molar-refractivity contribution >= 4 is 0 Å². The molecule has 24 heavy (non-hydrogen) atoms. The van der Waals surface area contributed by atoms with Crippen molar-refractivity contribution < 1.29 is 4.74 Å². The second-order valence-corrected chi connectivity index (χ2v) is 7.10. The topological polar surface area (TPSA) is 56.1 Å². The quantitative estimate of drug-likeness (QED) is 0.746. The van der Waals surface area contributed by atoms with Crippen LogP contribution in [0.1, 0.15) is 50.0 Å². The van der Waals surface area contributed by atoms with Crippen LogP contribution in [-0.4, -0.2) is 38.3 Å². The second kappa shape index (κ2) is 6.51. The van der Waals surface area contributed by atoms with Gasteiger partial charge in [-0.2, -0.15) is 0 Å². The fraction of sp³-hybridized carbons (Fsp3) is 0.611. The summed E-state index contributed by atoms with van der Waals surface area (Å²) in [5.74, 6) is 2.71. The molecule has 2 saturated carbocycles. The first-order valence-corrected chi connectivity index (χ1v) is 8.88. The van der Waals surface area contributed by atoms with Gasteiger partial charge in [0.15, 0.2) is 5.82 Å². The Morgan fingerprint density at radius 3 is 2.54 bits per heavy atom. The van der Waals surface area contributed by atoms with E-state index in [0.717, 1.165) is 30.6 Å². The van der Waals surface area contributed by atoms with Gasteiger partial charge in [0.1, 0.15) is 5.75 Å². The minimum Gasteiger partial charge on any atom is -0.497 e. The van der Waals surface area contributed by atoms with Gasteiger partial charge in [0.05, 0.1) is 19.7 Å². The molecule has 2 aliphatic carbocycles. The number of ether oxygens (including phenoxy) is 1. The minimum atomic E-state index is 0.522. The highest BCUT2D eigenvalue weighted by molar-refractivity contribution is 5.27. The van der Waals surface area contributed by atoms with Crippen molar-refractivity contribution in [2.75, 3.05) is 7.11 Å². The zero-order valence-corrected chi connectivity index (χ0v) is 14.4. The van der Waals surface area contributed by atoms with Gasteiger partial charge in [0, 0.05) is 12.6 Å². The Kier molecular flexibility index (Phi) is 4.22. The third-order valence-electron chi connectivity index (χ3n) is 5.22. The molecule has 2 aromatic rings. The lowest BCUT2D eigenvalue weighted by atomic mass is 10.1. The Bertz CT molecular complexity index is 675. The lowest BCUT2D eigenvalue weighted by molar-refractivity contribution is 0.164. The van der Waals surface area contributed by atoms with Crippen LogP contribution in [-0.2, 0) is 13.1 Å². The average Bonchev–Trinajstić information content (AvgIpc) is 3.53. The van der Waals surface area contributed by atoms with Gasteiger partial charge in [-0.15, -0.1) is 5.10 Å².